The van der Waals surface area contributed by atoms with Gasteiger partial charge in [0.2, 0.25) is 0 Å². The first-order valence-corrected chi connectivity index (χ1v) is 15.3. The molecule has 2 aliphatic heterocycles. The third kappa shape index (κ3) is 7.28. The Morgan fingerprint density at radius 2 is 1.98 bits per heavy atom. The highest BCUT2D eigenvalue weighted by Gasteiger charge is 2.55. The number of fused-ring (bicyclic) bond motifs is 1. The molecule has 2 aromatic rings. The van der Waals surface area contributed by atoms with E-state index in [9.17, 15) is 47.6 Å². The fraction of sp³-hybridized carbons (Fsp3) is 0.280. The highest BCUT2D eigenvalue weighted by atomic mass is 32.2. The number of rotatable bonds is 12. The van der Waals surface area contributed by atoms with Gasteiger partial charge in [-0.15, -0.1) is 34.9 Å². The van der Waals surface area contributed by atoms with E-state index < -0.39 is 62.3 Å². The summed E-state index contributed by atoms with van der Waals surface area (Å²) in [5.74, 6) is -5.55. The number of nitrogens with one attached hydrogen (secondary N) is 2. The van der Waals surface area contributed by atoms with E-state index in [0.29, 0.717) is 22.5 Å². The molecule has 0 aliphatic carbocycles. The third-order valence-corrected chi connectivity index (χ3v) is 9.32. The number of hydrogen-bond donors (Lipinski definition) is 2. The number of aromatic nitrogens is 1. The molecule has 1 aromatic heterocycles. The normalized spacial score (nSPS) is 19.7. The lowest BCUT2D eigenvalue weighted by atomic mass is 9.98. The minimum atomic E-state index is -5.18. The average molecular weight is 686 g/mol. The lowest BCUT2D eigenvalue weighted by molar-refractivity contribution is -0.384. The number of non-ortho nitro benzene ring substituents is 1. The molecule has 0 radical (unpaired) electrons. The fourth-order valence-corrected chi connectivity index (χ4v) is 7.41. The van der Waals surface area contributed by atoms with Gasteiger partial charge in [-0.2, -0.15) is 13.2 Å². The number of aliphatic carboxylic acids is 1. The summed E-state index contributed by atoms with van der Waals surface area (Å²) >= 11 is 2.94. The molecule has 2 N–H and O–H groups in total. The number of thioether (sulfide) groups is 2. The van der Waals surface area contributed by atoms with Gasteiger partial charge in [0.1, 0.15) is 24.2 Å². The van der Waals surface area contributed by atoms with Crippen LogP contribution in [0.4, 0.5) is 24.0 Å². The minimum absolute atomic E-state index is 0.134. The molecule has 3 atom stereocenters. The summed E-state index contributed by atoms with van der Waals surface area (Å²) in [6.07, 6.45) is -4.96. The number of nitro benzene ring substituents is 1. The highest BCUT2D eigenvalue weighted by molar-refractivity contribution is 8.02. The molecule has 3 heterocycles. The van der Waals surface area contributed by atoms with Crippen molar-refractivity contribution in [3.8, 4) is 0 Å². The molecule has 3 amide bonds. The molecule has 0 saturated carbocycles. The molecule has 2 unspecified atom stereocenters. The number of thiazole rings is 1. The van der Waals surface area contributed by atoms with Crippen molar-refractivity contribution in [2.75, 3.05) is 18.2 Å². The minimum Gasteiger partial charge on any atom is -0.543 e. The zero-order valence-corrected chi connectivity index (χ0v) is 25.2. The van der Waals surface area contributed by atoms with E-state index in [4.69, 9.17) is 0 Å². The third-order valence-electron chi connectivity index (χ3n) is 6.31. The van der Waals surface area contributed by atoms with Crippen molar-refractivity contribution in [2.24, 2.45) is 5.16 Å². The molecule has 4 rings (SSSR count). The molecule has 1 saturated heterocycles. The van der Waals surface area contributed by atoms with Gasteiger partial charge >= 0.3 is 12.1 Å². The lowest BCUT2D eigenvalue weighted by Gasteiger charge is -2.52. The van der Waals surface area contributed by atoms with E-state index in [1.807, 2.05) is 0 Å². The largest absolute Gasteiger partial charge is 0.543 e. The topological polar surface area (TPSA) is 196 Å². The molecular weight excluding hydrogens is 666 g/mol. The van der Waals surface area contributed by atoms with E-state index in [1.165, 1.54) is 53.2 Å². The van der Waals surface area contributed by atoms with Gasteiger partial charge in [-0.25, -0.2) is 4.98 Å². The Morgan fingerprint density at radius 1 is 1.29 bits per heavy atom. The number of carboxylic acid groups (broad SMARTS) is 1. The maximum Gasteiger partial charge on any atom is 0.471 e. The molecule has 1 fully saturated rings. The number of hydrogen-bond acceptors (Lipinski definition) is 13. The van der Waals surface area contributed by atoms with Crippen LogP contribution in [0.2, 0.25) is 0 Å². The molecule has 0 bridgehead atoms. The summed E-state index contributed by atoms with van der Waals surface area (Å²) in [6, 6.07) is 4.40. The first-order valence-electron chi connectivity index (χ1n) is 12.4. The second-order valence-electron chi connectivity index (χ2n) is 9.05. The molecule has 0 spiro atoms. The molecule has 45 heavy (non-hydrogen) atoms. The maximum atomic E-state index is 13.2. The van der Waals surface area contributed by atoms with Crippen LogP contribution in [0.1, 0.15) is 11.3 Å². The molecule has 20 heteroatoms. The van der Waals surface area contributed by atoms with Crippen LogP contribution < -0.4 is 15.7 Å². The van der Waals surface area contributed by atoms with Crippen molar-refractivity contribution < 1.29 is 47.2 Å². The Balaban J connectivity index is 1.59. The summed E-state index contributed by atoms with van der Waals surface area (Å²) in [5, 5.41) is 31.6. The van der Waals surface area contributed by atoms with Crippen LogP contribution in [0.5, 0.6) is 0 Å². The van der Waals surface area contributed by atoms with Crippen LogP contribution in [0, 0.1) is 10.1 Å². The quantitative estimate of drug-likeness (QED) is 0.143. The van der Waals surface area contributed by atoms with Crippen molar-refractivity contribution in [1.82, 2.24) is 15.2 Å². The Morgan fingerprint density at radius 3 is 2.56 bits per heavy atom. The van der Waals surface area contributed by atoms with Gasteiger partial charge in [0.25, 0.3) is 17.5 Å². The molecular formula is C25H20F3N6O8S3-. The number of halogens is 3. The predicted octanol–water partition coefficient (Wildman–Crippen LogP) is 1.79. The maximum absolute atomic E-state index is 13.2. The lowest BCUT2D eigenvalue weighted by Crippen LogP contribution is -2.72. The van der Waals surface area contributed by atoms with Crippen molar-refractivity contribution in [2.45, 2.75) is 29.3 Å². The SMILES string of the molecule is C=CSCC1=C(C(=O)[O-])N2C(=O)C(NC(=O)C(=NOC)c3csc(NC(=O)C(F)(F)F)n3)[C@H]2SC1Cc1ccc([N+](=O)[O-])cc1. The second-order valence-corrected chi connectivity index (χ2v) is 12.2. The summed E-state index contributed by atoms with van der Waals surface area (Å²) in [6.45, 7) is 3.62. The van der Waals surface area contributed by atoms with Crippen LogP contribution >= 0.6 is 34.9 Å². The van der Waals surface area contributed by atoms with E-state index in [2.05, 4.69) is 26.9 Å². The number of nitro groups is 1. The zero-order chi connectivity index (χ0) is 33.1. The van der Waals surface area contributed by atoms with Gasteiger partial charge < -0.3 is 20.1 Å². The highest BCUT2D eigenvalue weighted by Crippen LogP contribution is 2.46. The average Bonchev–Trinajstić information content (AvgIpc) is 3.44. The van der Waals surface area contributed by atoms with Crippen LogP contribution in [-0.2, 0) is 30.4 Å². The summed E-state index contributed by atoms with van der Waals surface area (Å²) in [5.41, 5.74) is -0.309. The molecule has 238 valence electrons. The van der Waals surface area contributed by atoms with Gasteiger partial charge in [0.05, 0.1) is 16.6 Å². The van der Waals surface area contributed by atoms with Gasteiger partial charge in [0.15, 0.2) is 10.8 Å². The standard InChI is InChI=1S/C25H21F3N6O8S3/c1-3-43-9-13-15(8-11-4-6-12(7-5-11)34(40)41)45-21-17(20(36)33(21)18(13)22(37)38)30-19(35)16(32-42-2)14-10-44-24(29-14)31-23(39)25(26,27)28/h3-7,10,15,17,21H,1,8-9H2,2H3,(H,30,35)(H,37,38)(H,29,31,39)/p-1/t15?,17?,21-/m1/s1. The Kier molecular flexibility index (Phi) is 10.2. The van der Waals surface area contributed by atoms with Crippen LogP contribution in [0.3, 0.4) is 0 Å². The Hall–Kier alpha value is -4.43. The number of anilines is 1. The predicted molar refractivity (Wildman–Crippen MR) is 156 cm³/mol. The zero-order valence-electron chi connectivity index (χ0n) is 22.7. The van der Waals surface area contributed by atoms with Crippen LogP contribution in [-0.4, -0.2) is 79.9 Å². The molecule has 1 aromatic carbocycles. The van der Waals surface area contributed by atoms with E-state index in [-0.39, 0.29) is 29.3 Å². The molecule has 2 aliphatic rings. The number of amides is 3. The second kappa shape index (κ2) is 13.7. The number of benzene rings is 1. The smallest absolute Gasteiger partial charge is 0.471 e. The number of nitrogens with zero attached hydrogens (tertiary/aromatic N) is 4. The van der Waals surface area contributed by atoms with Crippen LogP contribution in [0.25, 0.3) is 0 Å². The number of carbonyl (C=O) groups is 4. The number of oxime groups is 1. The first-order chi connectivity index (χ1) is 21.3. The number of β-lactam (4-membered cyclic amide) rings is 1. The summed E-state index contributed by atoms with van der Waals surface area (Å²) in [4.78, 5) is 69.9. The summed E-state index contributed by atoms with van der Waals surface area (Å²) in [7, 11) is 1.09. The van der Waals surface area contributed by atoms with Crippen molar-refractivity contribution >= 4 is 75.1 Å². The fourth-order valence-electron chi connectivity index (χ4n) is 4.32. The van der Waals surface area contributed by atoms with Crippen LogP contribution in [0.15, 0.2) is 58.1 Å². The summed E-state index contributed by atoms with van der Waals surface area (Å²) < 4.78 is 37.8. The van der Waals surface area contributed by atoms with Crippen molar-refractivity contribution in [3.05, 3.63) is 74.3 Å². The van der Waals surface area contributed by atoms with E-state index >= 15 is 0 Å². The number of carboxylic acids is 1. The van der Waals surface area contributed by atoms with E-state index in [1.54, 1.807) is 5.32 Å². The molecule has 14 nitrogen and oxygen atoms in total. The number of carbonyl (C=O) groups excluding carboxylic acids is 4. The Labute approximate surface area is 263 Å². The first kappa shape index (κ1) is 33.5. The Bertz CT molecular complexity index is 1610. The van der Waals surface area contributed by atoms with Gasteiger partial charge in [-0.1, -0.05) is 23.9 Å². The monoisotopic (exact) mass is 685 g/mol. The van der Waals surface area contributed by atoms with Gasteiger partial charge in [-0.3, -0.25) is 34.7 Å². The van der Waals surface area contributed by atoms with Crippen molar-refractivity contribution in [3.63, 3.8) is 0 Å². The van der Waals surface area contributed by atoms with Gasteiger partial charge in [-0.05, 0) is 23.0 Å². The van der Waals surface area contributed by atoms with Crippen molar-refractivity contribution in [1.29, 1.82) is 0 Å². The number of alkyl halides is 3. The van der Waals surface area contributed by atoms with Gasteiger partial charge in [0, 0.05) is 28.5 Å². The van der Waals surface area contributed by atoms with E-state index in [0.717, 1.165) is 17.4 Å².